The van der Waals surface area contributed by atoms with Crippen molar-refractivity contribution in [1.82, 2.24) is 0 Å². The van der Waals surface area contributed by atoms with E-state index in [9.17, 15) is 0 Å². The molecule has 0 fully saturated rings. The molecule has 0 aromatic carbocycles. The van der Waals surface area contributed by atoms with Gasteiger partial charge in [0.25, 0.3) is 0 Å². The van der Waals surface area contributed by atoms with Crippen LogP contribution in [0.25, 0.3) is 0 Å². The molecule has 0 rings (SSSR count). The SMILES string of the molecule is NCCCCCCCCCCCCCCCCCC[SiH](Cl)Cl. The summed E-state index contributed by atoms with van der Waals surface area (Å²) in [6.07, 6.45) is 22.2. The summed E-state index contributed by atoms with van der Waals surface area (Å²) in [7, 11) is -1.33. The van der Waals surface area contributed by atoms with E-state index in [2.05, 4.69) is 0 Å². The summed E-state index contributed by atoms with van der Waals surface area (Å²) in [6.45, 7) is 0.864. The Morgan fingerprint density at radius 2 is 0.727 bits per heavy atom. The molecular weight excluding hydrogens is 329 g/mol. The van der Waals surface area contributed by atoms with E-state index in [1.807, 2.05) is 0 Å². The maximum absolute atomic E-state index is 5.85. The van der Waals surface area contributed by atoms with Crippen molar-refractivity contribution in [3.05, 3.63) is 0 Å². The van der Waals surface area contributed by atoms with Crippen LogP contribution in [0.4, 0.5) is 0 Å². The Kier molecular flexibility index (Phi) is 20.5. The molecule has 134 valence electrons. The lowest BCUT2D eigenvalue weighted by atomic mass is 10.0. The minimum Gasteiger partial charge on any atom is -0.330 e. The predicted octanol–water partition coefficient (Wildman–Crippen LogP) is 6.88. The maximum atomic E-state index is 5.85. The average Bonchev–Trinajstić information content (AvgIpc) is 2.50. The summed E-state index contributed by atoms with van der Waals surface area (Å²) in [4.78, 5) is 0. The number of hydrogen-bond acceptors (Lipinski definition) is 1. The molecule has 0 unspecified atom stereocenters. The predicted molar refractivity (Wildman–Crippen MR) is 107 cm³/mol. The van der Waals surface area contributed by atoms with Gasteiger partial charge in [-0.05, 0) is 19.0 Å². The first-order valence-corrected chi connectivity index (χ1v) is 14.1. The normalized spacial score (nSPS) is 11.5. The average molecular weight is 369 g/mol. The van der Waals surface area contributed by atoms with Crippen molar-refractivity contribution in [2.24, 2.45) is 5.73 Å². The third kappa shape index (κ3) is 20.8. The van der Waals surface area contributed by atoms with E-state index in [1.54, 1.807) is 0 Å². The second-order valence-electron chi connectivity index (χ2n) is 6.63. The molecule has 22 heavy (non-hydrogen) atoms. The summed E-state index contributed by atoms with van der Waals surface area (Å²) in [5.74, 6) is 0. The quantitative estimate of drug-likeness (QED) is 0.159. The second kappa shape index (κ2) is 19.8. The van der Waals surface area contributed by atoms with Crippen LogP contribution in [-0.4, -0.2) is 14.0 Å². The summed E-state index contributed by atoms with van der Waals surface area (Å²) in [5.41, 5.74) is 5.49. The fraction of sp³-hybridized carbons (Fsp3) is 1.00. The van der Waals surface area contributed by atoms with Gasteiger partial charge in [-0.3, -0.25) is 0 Å². The van der Waals surface area contributed by atoms with Crippen LogP contribution in [0.1, 0.15) is 103 Å². The van der Waals surface area contributed by atoms with E-state index in [0.717, 1.165) is 12.6 Å². The number of nitrogens with two attached hydrogens (primary N) is 1. The van der Waals surface area contributed by atoms with Crippen molar-refractivity contribution < 1.29 is 0 Å². The maximum Gasteiger partial charge on any atom is 0.237 e. The molecule has 0 aliphatic carbocycles. The fourth-order valence-corrected chi connectivity index (χ4v) is 4.44. The van der Waals surface area contributed by atoms with Crippen LogP contribution in [0.15, 0.2) is 0 Å². The zero-order valence-corrected chi connectivity index (χ0v) is 17.3. The van der Waals surface area contributed by atoms with E-state index in [0.29, 0.717) is 0 Å². The van der Waals surface area contributed by atoms with Gasteiger partial charge in [0.2, 0.25) is 7.42 Å². The smallest absolute Gasteiger partial charge is 0.237 e. The highest BCUT2D eigenvalue weighted by atomic mass is 35.7. The Hall–Kier alpha value is 0.757. The number of hydrogen-bond donors (Lipinski definition) is 1. The van der Waals surface area contributed by atoms with Crippen LogP contribution in [-0.2, 0) is 0 Å². The van der Waals surface area contributed by atoms with Gasteiger partial charge in [0.1, 0.15) is 0 Å². The molecule has 4 heteroatoms. The van der Waals surface area contributed by atoms with Gasteiger partial charge in [0.05, 0.1) is 0 Å². The van der Waals surface area contributed by atoms with Gasteiger partial charge in [-0.25, -0.2) is 0 Å². The lowest BCUT2D eigenvalue weighted by Crippen LogP contribution is -1.97. The van der Waals surface area contributed by atoms with Gasteiger partial charge in [0.15, 0.2) is 0 Å². The molecule has 0 atom stereocenters. The highest BCUT2D eigenvalue weighted by molar-refractivity contribution is 7.33. The van der Waals surface area contributed by atoms with Gasteiger partial charge < -0.3 is 5.73 Å². The molecule has 0 aromatic heterocycles. The lowest BCUT2D eigenvalue weighted by Gasteiger charge is -2.03. The Morgan fingerprint density at radius 3 is 1.00 bits per heavy atom. The molecule has 0 saturated carbocycles. The monoisotopic (exact) mass is 367 g/mol. The lowest BCUT2D eigenvalue weighted by molar-refractivity contribution is 0.530. The summed E-state index contributed by atoms with van der Waals surface area (Å²) in [5, 5.41) is 0. The van der Waals surface area contributed by atoms with Crippen molar-refractivity contribution in [2.75, 3.05) is 6.54 Å². The van der Waals surface area contributed by atoms with Gasteiger partial charge in [-0.1, -0.05) is 96.3 Å². The largest absolute Gasteiger partial charge is 0.330 e. The molecule has 0 aliphatic heterocycles. The summed E-state index contributed by atoms with van der Waals surface area (Å²) < 4.78 is 0. The minimum atomic E-state index is -1.33. The Balaban J connectivity index is 2.94. The van der Waals surface area contributed by atoms with Gasteiger partial charge >= 0.3 is 0 Å². The van der Waals surface area contributed by atoms with Crippen molar-refractivity contribution in [3.8, 4) is 0 Å². The van der Waals surface area contributed by atoms with E-state index in [-0.39, 0.29) is 0 Å². The highest BCUT2D eigenvalue weighted by Crippen LogP contribution is 2.15. The molecular formula is C18H39Cl2NSi. The number of rotatable bonds is 18. The molecule has 0 saturated heterocycles. The molecule has 0 bridgehead atoms. The third-order valence-electron chi connectivity index (χ3n) is 4.38. The Labute approximate surface area is 150 Å². The molecule has 0 radical (unpaired) electrons. The first-order chi connectivity index (χ1) is 10.8. The third-order valence-corrected chi connectivity index (χ3v) is 6.53. The van der Waals surface area contributed by atoms with Crippen molar-refractivity contribution in [3.63, 3.8) is 0 Å². The van der Waals surface area contributed by atoms with Crippen LogP contribution in [0.2, 0.25) is 6.04 Å². The van der Waals surface area contributed by atoms with Crippen molar-refractivity contribution in [1.29, 1.82) is 0 Å². The first-order valence-electron chi connectivity index (χ1n) is 9.75. The zero-order chi connectivity index (χ0) is 16.3. The van der Waals surface area contributed by atoms with E-state index >= 15 is 0 Å². The molecule has 1 nitrogen and oxygen atoms in total. The minimum absolute atomic E-state index is 0.864. The molecule has 0 amide bonds. The second-order valence-corrected chi connectivity index (χ2v) is 11.8. The van der Waals surface area contributed by atoms with Crippen LogP contribution < -0.4 is 5.73 Å². The van der Waals surface area contributed by atoms with Gasteiger partial charge in [0, 0.05) is 0 Å². The first kappa shape index (κ1) is 22.8. The molecule has 0 aromatic rings. The topological polar surface area (TPSA) is 26.0 Å². The van der Waals surface area contributed by atoms with E-state index in [1.165, 1.54) is 103 Å². The number of halogens is 2. The fourth-order valence-electron chi connectivity index (χ4n) is 2.92. The van der Waals surface area contributed by atoms with Crippen molar-refractivity contribution >= 4 is 29.6 Å². The number of unbranched alkanes of at least 4 members (excludes halogenated alkanes) is 15. The van der Waals surface area contributed by atoms with Gasteiger partial charge in [-0.15, -0.1) is 0 Å². The molecule has 0 heterocycles. The van der Waals surface area contributed by atoms with E-state index in [4.69, 9.17) is 27.9 Å². The highest BCUT2D eigenvalue weighted by Gasteiger charge is 2.00. The van der Waals surface area contributed by atoms with Crippen LogP contribution >= 0.6 is 22.2 Å². The van der Waals surface area contributed by atoms with Crippen LogP contribution in [0, 0.1) is 0 Å². The van der Waals surface area contributed by atoms with Crippen LogP contribution in [0.3, 0.4) is 0 Å². The molecule has 0 aliphatic rings. The zero-order valence-electron chi connectivity index (χ0n) is 14.6. The summed E-state index contributed by atoms with van der Waals surface area (Å²) in [6, 6.07) is 1.09. The summed E-state index contributed by atoms with van der Waals surface area (Å²) >= 11 is 11.7. The van der Waals surface area contributed by atoms with Crippen LogP contribution in [0.5, 0.6) is 0 Å². The molecule has 2 N–H and O–H groups in total. The Morgan fingerprint density at radius 1 is 0.455 bits per heavy atom. The van der Waals surface area contributed by atoms with Gasteiger partial charge in [-0.2, -0.15) is 22.2 Å². The standard InChI is InChI=1S/C18H39Cl2NSi/c19-22(20)18-16-14-12-10-8-6-4-2-1-3-5-7-9-11-13-15-17-21/h22H,1-18,21H2. The van der Waals surface area contributed by atoms with Crippen molar-refractivity contribution in [2.45, 2.75) is 109 Å². The Bertz CT molecular complexity index is 204. The van der Waals surface area contributed by atoms with E-state index < -0.39 is 7.42 Å². The molecule has 0 spiro atoms.